The highest BCUT2D eigenvalue weighted by Crippen LogP contribution is 2.44. The van der Waals surface area contributed by atoms with E-state index in [-0.39, 0.29) is 17.7 Å². The molecular formula is C25H22N4O2. The summed E-state index contributed by atoms with van der Waals surface area (Å²) in [6.07, 6.45) is 4.41. The van der Waals surface area contributed by atoms with Gasteiger partial charge >= 0.3 is 0 Å². The van der Waals surface area contributed by atoms with Gasteiger partial charge in [0.25, 0.3) is 5.91 Å². The maximum absolute atomic E-state index is 13.4. The molecule has 2 N–H and O–H groups in total. The third-order valence-electron chi connectivity index (χ3n) is 5.83. The lowest BCUT2D eigenvalue weighted by Crippen LogP contribution is -2.29. The number of aryl methyl sites for hydroxylation is 1. The Hall–Kier alpha value is -3.93. The number of aromatic hydroxyl groups is 1. The number of carbonyl (C=O) groups is 1. The molecule has 0 bridgehead atoms. The standard InChI is InChI=1S/C25H22N4O2/c1-2-16-7-9-18(10-8-16)24-21-22(19-5-3-4-6-20(19)30)27-28-23(21)25(31)29(24)15-17-11-13-26-14-12-17/h3-14,24,30H,2,15H2,1H3,(H,27,28)/t24-/m1/s1. The van der Waals surface area contributed by atoms with Crippen molar-refractivity contribution in [1.82, 2.24) is 20.1 Å². The summed E-state index contributed by atoms with van der Waals surface area (Å²) in [5, 5.41) is 17.8. The Balaban J connectivity index is 1.66. The molecule has 154 valence electrons. The number of carbonyl (C=O) groups excluding carboxylic acids is 1. The van der Waals surface area contributed by atoms with E-state index in [1.165, 1.54) is 5.56 Å². The van der Waals surface area contributed by atoms with Crippen molar-refractivity contribution in [1.29, 1.82) is 0 Å². The average Bonchev–Trinajstić information content (AvgIpc) is 3.34. The second-order valence-corrected chi connectivity index (χ2v) is 7.66. The van der Waals surface area contributed by atoms with Gasteiger partial charge < -0.3 is 10.0 Å². The summed E-state index contributed by atoms with van der Waals surface area (Å²) in [6.45, 7) is 2.57. The number of rotatable bonds is 5. The lowest BCUT2D eigenvalue weighted by molar-refractivity contribution is 0.0730. The molecule has 1 atom stereocenters. The van der Waals surface area contributed by atoms with Crippen molar-refractivity contribution < 1.29 is 9.90 Å². The van der Waals surface area contributed by atoms with Gasteiger partial charge in [-0.25, -0.2) is 0 Å². The fourth-order valence-electron chi connectivity index (χ4n) is 4.21. The van der Waals surface area contributed by atoms with Crippen molar-refractivity contribution in [2.24, 2.45) is 0 Å². The van der Waals surface area contributed by atoms with Crippen LogP contribution < -0.4 is 0 Å². The number of H-pyrrole nitrogens is 1. The smallest absolute Gasteiger partial charge is 0.273 e. The van der Waals surface area contributed by atoms with E-state index in [1.54, 1.807) is 24.5 Å². The molecule has 6 heteroatoms. The van der Waals surface area contributed by atoms with Gasteiger partial charge in [0.2, 0.25) is 0 Å². The molecule has 4 aromatic rings. The molecule has 3 heterocycles. The van der Waals surface area contributed by atoms with Crippen molar-refractivity contribution in [3.05, 3.63) is 101 Å². The Labute approximate surface area is 180 Å². The highest BCUT2D eigenvalue weighted by atomic mass is 16.3. The van der Waals surface area contributed by atoms with Crippen LogP contribution in [0.2, 0.25) is 0 Å². The van der Waals surface area contributed by atoms with Crippen LogP contribution in [-0.2, 0) is 13.0 Å². The first kappa shape index (κ1) is 19.1. The van der Waals surface area contributed by atoms with Gasteiger partial charge in [0.1, 0.15) is 17.1 Å². The Morgan fingerprint density at radius 2 is 1.74 bits per heavy atom. The van der Waals surface area contributed by atoms with Crippen LogP contribution in [-0.4, -0.2) is 31.1 Å². The summed E-state index contributed by atoms with van der Waals surface area (Å²) in [4.78, 5) is 19.3. The van der Waals surface area contributed by atoms with Gasteiger partial charge in [-0.3, -0.25) is 14.9 Å². The molecule has 0 saturated heterocycles. The molecule has 5 rings (SSSR count). The van der Waals surface area contributed by atoms with Crippen molar-refractivity contribution >= 4 is 5.91 Å². The summed E-state index contributed by atoms with van der Waals surface area (Å²) >= 11 is 0. The van der Waals surface area contributed by atoms with Crippen LogP contribution in [0.25, 0.3) is 11.3 Å². The normalized spacial score (nSPS) is 15.3. The van der Waals surface area contributed by atoms with Crippen LogP contribution in [0.5, 0.6) is 5.75 Å². The third-order valence-corrected chi connectivity index (χ3v) is 5.83. The molecule has 0 aliphatic carbocycles. The van der Waals surface area contributed by atoms with Gasteiger partial charge in [-0.15, -0.1) is 0 Å². The van der Waals surface area contributed by atoms with Gasteiger partial charge in [-0.1, -0.05) is 43.3 Å². The van der Waals surface area contributed by atoms with E-state index in [4.69, 9.17) is 0 Å². The molecule has 0 unspecified atom stereocenters. The van der Waals surface area contributed by atoms with Crippen LogP contribution in [0.15, 0.2) is 73.1 Å². The largest absolute Gasteiger partial charge is 0.507 e. The molecule has 6 nitrogen and oxygen atoms in total. The van der Waals surface area contributed by atoms with E-state index in [2.05, 4.69) is 46.4 Å². The monoisotopic (exact) mass is 410 g/mol. The Kier molecular flexibility index (Phi) is 4.75. The number of aromatic nitrogens is 3. The number of nitrogens with zero attached hydrogens (tertiary/aromatic N) is 3. The van der Waals surface area contributed by atoms with Crippen LogP contribution in [0, 0.1) is 0 Å². The second kappa shape index (κ2) is 7.72. The van der Waals surface area contributed by atoms with E-state index in [1.807, 2.05) is 29.2 Å². The quantitative estimate of drug-likeness (QED) is 0.508. The van der Waals surface area contributed by atoms with Crippen molar-refractivity contribution in [2.45, 2.75) is 25.9 Å². The van der Waals surface area contributed by atoms with Crippen LogP contribution >= 0.6 is 0 Å². The maximum atomic E-state index is 13.4. The lowest BCUT2D eigenvalue weighted by atomic mass is 9.94. The number of para-hydroxylation sites is 1. The summed E-state index contributed by atoms with van der Waals surface area (Å²) in [6, 6.07) is 18.9. The van der Waals surface area contributed by atoms with E-state index >= 15 is 0 Å². The molecule has 0 spiro atoms. The predicted octanol–water partition coefficient (Wildman–Crippen LogP) is 4.49. The number of hydrogen-bond acceptors (Lipinski definition) is 4. The minimum Gasteiger partial charge on any atom is -0.507 e. The molecule has 1 aliphatic rings. The van der Waals surface area contributed by atoms with Crippen molar-refractivity contribution in [2.75, 3.05) is 0 Å². The average molecular weight is 410 g/mol. The fraction of sp³-hybridized carbons (Fsp3) is 0.160. The molecule has 0 saturated carbocycles. The van der Waals surface area contributed by atoms with E-state index in [0.29, 0.717) is 23.5 Å². The van der Waals surface area contributed by atoms with E-state index < -0.39 is 0 Å². The minimum absolute atomic E-state index is 0.106. The highest BCUT2D eigenvalue weighted by Gasteiger charge is 2.42. The molecule has 2 aromatic heterocycles. The number of hydrogen-bond donors (Lipinski definition) is 2. The first-order chi connectivity index (χ1) is 15.2. The van der Waals surface area contributed by atoms with Gasteiger partial charge in [0, 0.05) is 30.1 Å². The number of pyridine rings is 1. The van der Waals surface area contributed by atoms with Gasteiger partial charge in [-0.2, -0.15) is 5.10 Å². The molecule has 1 aliphatic heterocycles. The van der Waals surface area contributed by atoms with E-state index in [0.717, 1.165) is 23.1 Å². The SMILES string of the molecule is CCc1ccc([C@@H]2c3c(-c4ccccc4O)n[nH]c3C(=O)N2Cc2ccncc2)cc1. The predicted molar refractivity (Wildman–Crippen MR) is 117 cm³/mol. The number of fused-ring (bicyclic) bond motifs is 1. The van der Waals surface area contributed by atoms with Crippen LogP contribution in [0.3, 0.4) is 0 Å². The minimum atomic E-state index is -0.310. The zero-order valence-electron chi connectivity index (χ0n) is 17.1. The van der Waals surface area contributed by atoms with Crippen LogP contribution in [0.1, 0.15) is 45.7 Å². The number of benzene rings is 2. The molecule has 1 amide bonds. The Bertz CT molecular complexity index is 1230. The first-order valence-electron chi connectivity index (χ1n) is 10.3. The fourth-order valence-corrected chi connectivity index (χ4v) is 4.21. The van der Waals surface area contributed by atoms with Crippen molar-refractivity contribution in [3.63, 3.8) is 0 Å². The third kappa shape index (κ3) is 3.26. The molecule has 31 heavy (non-hydrogen) atoms. The maximum Gasteiger partial charge on any atom is 0.273 e. The topological polar surface area (TPSA) is 82.1 Å². The summed E-state index contributed by atoms with van der Waals surface area (Å²) in [5.41, 5.74) is 5.72. The zero-order chi connectivity index (χ0) is 21.4. The number of nitrogens with one attached hydrogen (secondary N) is 1. The summed E-state index contributed by atoms with van der Waals surface area (Å²) < 4.78 is 0. The summed E-state index contributed by atoms with van der Waals surface area (Å²) in [7, 11) is 0. The number of aromatic amines is 1. The molecular weight excluding hydrogens is 388 g/mol. The van der Waals surface area contributed by atoms with Crippen LogP contribution in [0.4, 0.5) is 0 Å². The van der Waals surface area contributed by atoms with Gasteiger partial charge in [0.15, 0.2) is 0 Å². The molecule has 0 fully saturated rings. The first-order valence-corrected chi connectivity index (χ1v) is 10.3. The number of phenolic OH excluding ortho intramolecular Hbond substituents is 1. The van der Waals surface area contributed by atoms with Gasteiger partial charge in [0.05, 0.1) is 6.04 Å². The molecule has 2 aromatic carbocycles. The highest BCUT2D eigenvalue weighted by molar-refractivity contribution is 6.00. The second-order valence-electron chi connectivity index (χ2n) is 7.66. The lowest BCUT2D eigenvalue weighted by Gasteiger charge is -2.26. The number of phenols is 1. The van der Waals surface area contributed by atoms with Crippen molar-refractivity contribution in [3.8, 4) is 17.0 Å². The number of amides is 1. The Morgan fingerprint density at radius 1 is 1.00 bits per heavy atom. The Morgan fingerprint density at radius 3 is 2.45 bits per heavy atom. The molecule has 0 radical (unpaired) electrons. The zero-order valence-corrected chi connectivity index (χ0v) is 17.1. The van der Waals surface area contributed by atoms with Gasteiger partial charge in [-0.05, 0) is 47.4 Å². The van der Waals surface area contributed by atoms with E-state index in [9.17, 15) is 9.90 Å². The summed E-state index contributed by atoms with van der Waals surface area (Å²) in [5.74, 6) is 0.0301.